The molecule has 0 amide bonds. The minimum absolute atomic E-state index is 0. The number of aromatic hydroxyl groups is 1. The summed E-state index contributed by atoms with van der Waals surface area (Å²) < 4.78 is 0. The lowest BCUT2D eigenvalue weighted by atomic mass is 10.0. The lowest BCUT2D eigenvalue weighted by molar-refractivity contribution is -0.305. The van der Waals surface area contributed by atoms with Crippen LogP contribution < -0.4 is 10.4 Å². The van der Waals surface area contributed by atoms with Crippen molar-refractivity contribution in [3.63, 3.8) is 0 Å². The fraction of sp³-hybridized carbons (Fsp3) is 0.320. The van der Waals surface area contributed by atoms with Crippen LogP contribution >= 0.6 is 17.0 Å². The number of carboxylic acid groups (broad SMARTS) is 1. The molecule has 0 aliphatic rings. The molecule has 0 radical (unpaired) electrons. The van der Waals surface area contributed by atoms with Crippen LogP contribution in [0.4, 0.5) is 0 Å². The molecule has 3 rings (SSSR count). The fourth-order valence-electron chi connectivity index (χ4n) is 3.16. The molecule has 0 bridgehead atoms. The predicted molar refractivity (Wildman–Crippen MR) is 127 cm³/mol. The summed E-state index contributed by atoms with van der Waals surface area (Å²) in [5.41, 5.74) is 2.67. The molecule has 2 unspecified atom stereocenters. The molecule has 2 N–H and O–H groups in total. The summed E-state index contributed by atoms with van der Waals surface area (Å²) in [6, 6.07) is 23.3. The van der Waals surface area contributed by atoms with Crippen LogP contribution in [0.3, 0.4) is 0 Å². The van der Waals surface area contributed by atoms with E-state index >= 15 is 0 Å². The second-order valence-corrected chi connectivity index (χ2v) is 7.33. The Kier molecular flexibility index (Phi) is 11.2. The van der Waals surface area contributed by atoms with Gasteiger partial charge in [-0.15, -0.1) is 17.0 Å². The second kappa shape index (κ2) is 13.0. The quantitative estimate of drug-likeness (QED) is 0.510. The zero-order chi connectivity index (χ0) is 21.2. The van der Waals surface area contributed by atoms with Crippen LogP contribution in [0.15, 0.2) is 66.7 Å². The van der Waals surface area contributed by atoms with Gasteiger partial charge in [0, 0.05) is 18.1 Å². The van der Waals surface area contributed by atoms with Crippen molar-refractivity contribution in [1.29, 1.82) is 0 Å². The first-order valence-corrected chi connectivity index (χ1v) is 10.1. The first-order chi connectivity index (χ1) is 13.9. The Morgan fingerprint density at radius 3 is 2.23 bits per heavy atom. The summed E-state index contributed by atoms with van der Waals surface area (Å²) in [6.45, 7) is 5.99. The molecule has 0 fully saturated rings. The third-order valence-corrected chi connectivity index (χ3v) is 4.88. The summed E-state index contributed by atoms with van der Waals surface area (Å²) >= 11 is 0. The van der Waals surface area contributed by atoms with Gasteiger partial charge in [0.15, 0.2) is 0 Å². The largest absolute Gasteiger partial charge is 0.550 e. The molecule has 5 heteroatoms. The summed E-state index contributed by atoms with van der Waals surface area (Å²) in [5.74, 6) is -0.680. The Bertz CT molecular complexity index is 915. The number of carboxylic acids is 1. The van der Waals surface area contributed by atoms with E-state index in [4.69, 9.17) is 0 Å². The van der Waals surface area contributed by atoms with Crippen LogP contribution in [0.2, 0.25) is 0 Å². The number of aliphatic carboxylic acids is 1. The summed E-state index contributed by atoms with van der Waals surface area (Å²) in [4.78, 5) is 9.26. The molecule has 3 aromatic rings. The van der Waals surface area contributed by atoms with Crippen molar-refractivity contribution in [1.82, 2.24) is 5.32 Å². The number of phenolic OH excluding ortho intramolecular Hbond substituents is 1. The summed E-state index contributed by atoms with van der Waals surface area (Å²) in [6.07, 6.45) is 2.33. The Morgan fingerprint density at radius 1 is 1.00 bits per heavy atom. The average Bonchev–Trinajstić information content (AvgIpc) is 2.73. The number of hydrogen-bond acceptors (Lipinski definition) is 4. The number of hydrogen-bond donors (Lipinski definition) is 2. The van der Waals surface area contributed by atoms with Gasteiger partial charge in [0.2, 0.25) is 0 Å². The minimum Gasteiger partial charge on any atom is -0.550 e. The molecule has 0 aromatic heterocycles. The van der Waals surface area contributed by atoms with E-state index in [1.165, 1.54) is 18.1 Å². The van der Waals surface area contributed by atoms with Crippen molar-refractivity contribution in [3.8, 4) is 5.75 Å². The van der Waals surface area contributed by atoms with Gasteiger partial charge in [-0.25, -0.2) is 0 Å². The molecule has 0 heterocycles. The molecule has 0 aliphatic carbocycles. The number of carbonyl (C=O) groups excluding carboxylic acids is 1. The number of benzene rings is 3. The van der Waals surface area contributed by atoms with Crippen LogP contribution in [-0.4, -0.2) is 17.1 Å². The first kappa shape index (κ1) is 25.7. The highest BCUT2D eigenvalue weighted by Crippen LogP contribution is 2.24. The minimum atomic E-state index is -0.995. The van der Waals surface area contributed by atoms with Crippen molar-refractivity contribution in [2.24, 2.45) is 0 Å². The molecule has 0 saturated carbocycles. The van der Waals surface area contributed by atoms with Gasteiger partial charge >= 0.3 is 0 Å². The van der Waals surface area contributed by atoms with Crippen LogP contribution in [-0.2, 0) is 11.2 Å². The van der Waals surface area contributed by atoms with Gasteiger partial charge in [0.1, 0.15) is 5.75 Å². The van der Waals surface area contributed by atoms with Crippen molar-refractivity contribution in [3.05, 3.63) is 77.9 Å². The van der Waals surface area contributed by atoms with Gasteiger partial charge in [0.25, 0.3) is 0 Å². The van der Waals surface area contributed by atoms with E-state index in [2.05, 4.69) is 67.7 Å². The third-order valence-electron chi connectivity index (χ3n) is 4.88. The zero-order valence-corrected chi connectivity index (χ0v) is 19.5. The summed E-state index contributed by atoms with van der Waals surface area (Å²) in [7, 11) is 0. The number of rotatable bonds is 7. The van der Waals surface area contributed by atoms with Crippen molar-refractivity contribution >= 4 is 33.7 Å². The molecule has 3 aromatic carbocycles. The van der Waals surface area contributed by atoms with E-state index in [1.54, 1.807) is 12.1 Å². The van der Waals surface area contributed by atoms with E-state index in [0.29, 0.717) is 17.8 Å². The molecule has 2 atom stereocenters. The van der Waals surface area contributed by atoms with Crippen LogP contribution in [0.25, 0.3) is 10.8 Å². The van der Waals surface area contributed by atoms with Gasteiger partial charge in [-0.05, 0) is 73.2 Å². The van der Waals surface area contributed by atoms with Crippen molar-refractivity contribution in [2.75, 3.05) is 0 Å². The smallest absolute Gasteiger partial charge is 0.116 e. The maximum absolute atomic E-state index is 9.57. The molecule has 0 aliphatic heterocycles. The highest BCUT2D eigenvalue weighted by Gasteiger charge is 2.10. The van der Waals surface area contributed by atoms with Crippen molar-refractivity contribution < 1.29 is 15.0 Å². The number of nitrogens with one attached hydrogen (secondary N) is 1. The normalized spacial score (nSPS) is 12.2. The van der Waals surface area contributed by atoms with E-state index in [0.717, 1.165) is 23.6 Å². The molecule has 0 spiro atoms. The Labute approximate surface area is 189 Å². The zero-order valence-electron chi connectivity index (χ0n) is 17.8. The van der Waals surface area contributed by atoms with Crippen molar-refractivity contribution in [2.45, 2.75) is 52.1 Å². The molecule has 4 nitrogen and oxygen atoms in total. The van der Waals surface area contributed by atoms with Gasteiger partial charge in [0.05, 0.1) is 0 Å². The number of halogens is 1. The lowest BCUT2D eigenvalue weighted by Crippen LogP contribution is -2.29. The van der Waals surface area contributed by atoms with Gasteiger partial charge in [-0.3, -0.25) is 0 Å². The van der Waals surface area contributed by atoms with E-state index in [-0.39, 0.29) is 23.4 Å². The van der Waals surface area contributed by atoms with E-state index in [9.17, 15) is 15.0 Å². The fourth-order valence-corrected chi connectivity index (χ4v) is 3.16. The monoisotopic (exact) mass is 472 g/mol. The highest BCUT2D eigenvalue weighted by atomic mass is 79.9. The number of fused-ring (bicyclic) bond motifs is 1. The number of carbonyl (C=O) groups is 1. The lowest BCUT2D eigenvalue weighted by Gasteiger charge is -2.21. The topological polar surface area (TPSA) is 72.4 Å². The molecule has 30 heavy (non-hydrogen) atoms. The average molecular weight is 473 g/mol. The van der Waals surface area contributed by atoms with Crippen LogP contribution in [0.1, 0.15) is 50.8 Å². The highest BCUT2D eigenvalue weighted by molar-refractivity contribution is 8.93. The van der Waals surface area contributed by atoms with Crippen LogP contribution in [0.5, 0.6) is 5.75 Å². The Hall–Kier alpha value is -2.37. The Balaban J connectivity index is 0.000000674. The van der Waals surface area contributed by atoms with E-state index in [1.807, 2.05) is 6.07 Å². The molecular formula is C25H31BrNO3-. The Morgan fingerprint density at radius 2 is 1.60 bits per heavy atom. The second-order valence-electron chi connectivity index (χ2n) is 7.33. The predicted octanol–water partition coefficient (Wildman–Crippen LogP) is 4.94. The summed E-state index contributed by atoms with van der Waals surface area (Å²) in [5, 5.41) is 24.8. The van der Waals surface area contributed by atoms with Gasteiger partial charge in [-0.1, -0.05) is 55.5 Å². The third kappa shape index (κ3) is 8.56. The standard InChI is InChI=1S/C22H25NO.C3H6O2.BrH/c1-16(8-9-18-6-4-3-5-7-18)23-17(2)19-10-11-21-15-22(24)13-12-20(21)14-19;1-2-3(4)5;/h3-7,10-17,23-24H,8-9H2,1-2H3;2H2,1H3,(H,4,5);1H/p-1. The van der Waals surface area contributed by atoms with Gasteiger partial charge in [-0.2, -0.15) is 0 Å². The van der Waals surface area contributed by atoms with Crippen LogP contribution in [0, 0.1) is 0 Å². The maximum Gasteiger partial charge on any atom is 0.116 e. The number of aryl methyl sites for hydroxylation is 1. The number of phenols is 1. The first-order valence-electron chi connectivity index (χ1n) is 10.1. The molecule has 162 valence electrons. The van der Waals surface area contributed by atoms with E-state index < -0.39 is 5.97 Å². The maximum atomic E-state index is 9.57. The van der Waals surface area contributed by atoms with Gasteiger partial charge < -0.3 is 20.3 Å². The molecular weight excluding hydrogens is 442 g/mol. The molecule has 0 saturated heterocycles. The SMILES string of the molecule is Br.CC(CCc1ccccc1)NC(C)c1ccc2cc(O)ccc2c1.CCC(=O)[O-].